The number of hydrogen-bond donors (Lipinski definition) is 1. The lowest BCUT2D eigenvalue weighted by molar-refractivity contribution is -0.114. The lowest BCUT2D eigenvalue weighted by Crippen LogP contribution is -2.32. The largest absolute Gasteiger partial charge is 0.464 e. The van der Waals surface area contributed by atoms with E-state index in [0.29, 0.717) is 5.82 Å². The molecule has 1 atom stereocenters. The van der Waals surface area contributed by atoms with E-state index in [2.05, 4.69) is 10.3 Å². The van der Waals surface area contributed by atoms with Gasteiger partial charge in [0, 0.05) is 29.1 Å². The Morgan fingerprint density at radius 3 is 3.16 bits per heavy atom. The highest BCUT2D eigenvalue weighted by atomic mass is 35.5. The highest BCUT2D eigenvalue weighted by Crippen LogP contribution is 2.23. The predicted octanol–water partition coefficient (Wildman–Crippen LogP) is 1.02. The number of fused-ring (bicyclic) bond motifs is 2. The van der Waals surface area contributed by atoms with Crippen molar-refractivity contribution in [3.8, 4) is 0 Å². The van der Waals surface area contributed by atoms with Gasteiger partial charge in [-0.25, -0.2) is 4.98 Å². The summed E-state index contributed by atoms with van der Waals surface area (Å²) in [5, 5.41) is 4.35. The Bertz CT molecular complexity index is 734. The molecule has 3 rings (SSSR count). The second kappa shape index (κ2) is 4.55. The standard InChI is InChI=1S/C14H11ClN2O2/c1-8(18)17-14-5-12-9(6-16-14)7-19-13-4-10(15)2-3-11(12)13/h2-7,10H,1H3,(H,17,18). The highest BCUT2D eigenvalue weighted by molar-refractivity contribution is 6.23. The minimum absolute atomic E-state index is 0.149. The molecule has 0 saturated carbocycles. The summed E-state index contributed by atoms with van der Waals surface area (Å²) in [7, 11) is 0. The Morgan fingerprint density at radius 1 is 1.53 bits per heavy atom. The zero-order chi connectivity index (χ0) is 13.4. The van der Waals surface area contributed by atoms with Crippen LogP contribution in [0.2, 0.25) is 0 Å². The van der Waals surface area contributed by atoms with Gasteiger partial charge in [-0.3, -0.25) is 4.79 Å². The molecular weight excluding hydrogens is 264 g/mol. The Balaban J connectivity index is 2.20. The van der Waals surface area contributed by atoms with Crippen LogP contribution in [0.4, 0.5) is 5.82 Å². The number of rotatable bonds is 1. The first-order chi connectivity index (χ1) is 9.13. The summed E-state index contributed by atoms with van der Waals surface area (Å²) in [4.78, 5) is 15.2. The monoisotopic (exact) mass is 274 g/mol. The second-order valence-corrected chi connectivity index (χ2v) is 4.83. The van der Waals surface area contributed by atoms with Gasteiger partial charge in [-0.1, -0.05) is 12.2 Å². The van der Waals surface area contributed by atoms with Crippen molar-refractivity contribution in [2.24, 2.45) is 0 Å². The van der Waals surface area contributed by atoms with E-state index >= 15 is 0 Å². The van der Waals surface area contributed by atoms with E-state index in [-0.39, 0.29) is 11.3 Å². The minimum Gasteiger partial charge on any atom is -0.464 e. The maximum absolute atomic E-state index is 11.1. The van der Waals surface area contributed by atoms with Gasteiger partial charge in [0.25, 0.3) is 0 Å². The molecule has 0 spiro atoms. The number of anilines is 1. The smallest absolute Gasteiger partial charge is 0.222 e. The maximum atomic E-state index is 11.1. The zero-order valence-corrected chi connectivity index (χ0v) is 10.9. The van der Waals surface area contributed by atoms with Crippen molar-refractivity contribution in [1.29, 1.82) is 0 Å². The molecule has 2 aliphatic rings. The van der Waals surface area contributed by atoms with E-state index in [0.717, 1.165) is 21.8 Å². The normalized spacial score (nSPS) is 19.6. The fraction of sp³-hybridized carbons (Fsp3) is 0.143. The Hall–Kier alpha value is -2.07. The van der Waals surface area contributed by atoms with Crippen molar-refractivity contribution < 1.29 is 9.53 Å². The van der Waals surface area contributed by atoms with Gasteiger partial charge >= 0.3 is 0 Å². The number of amides is 1. The van der Waals surface area contributed by atoms with E-state index < -0.39 is 0 Å². The first-order valence-electron chi connectivity index (χ1n) is 5.83. The van der Waals surface area contributed by atoms with Gasteiger partial charge < -0.3 is 10.1 Å². The van der Waals surface area contributed by atoms with Crippen molar-refractivity contribution in [3.05, 3.63) is 46.7 Å². The van der Waals surface area contributed by atoms with Gasteiger partial charge in [-0.2, -0.15) is 0 Å². The fourth-order valence-electron chi connectivity index (χ4n) is 2.05. The molecule has 19 heavy (non-hydrogen) atoms. The Labute approximate surface area is 114 Å². The van der Waals surface area contributed by atoms with E-state index in [1.807, 2.05) is 24.3 Å². The number of hydrogen-bond acceptors (Lipinski definition) is 3. The Kier molecular flexibility index (Phi) is 2.87. The molecule has 5 heteroatoms. The van der Waals surface area contributed by atoms with Gasteiger partial charge in [-0.15, -0.1) is 11.6 Å². The van der Waals surface area contributed by atoms with Gasteiger partial charge in [0.15, 0.2) is 0 Å². The van der Waals surface area contributed by atoms with E-state index in [1.165, 1.54) is 6.92 Å². The molecule has 0 fully saturated rings. The lowest BCUT2D eigenvalue weighted by atomic mass is 10.0. The van der Waals surface area contributed by atoms with E-state index in [9.17, 15) is 4.79 Å². The molecular formula is C14H11ClN2O2. The zero-order valence-electron chi connectivity index (χ0n) is 10.2. The molecule has 1 aliphatic heterocycles. The van der Waals surface area contributed by atoms with Crippen molar-refractivity contribution in [1.82, 2.24) is 4.98 Å². The third kappa shape index (κ3) is 2.27. The van der Waals surface area contributed by atoms with Crippen LogP contribution in [0.25, 0.3) is 11.8 Å². The maximum Gasteiger partial charge on any atom is 0.222 e. The van der Waals surface area contributed by atoms with Gasteiger partial charge in [0.2, 0.25) is 5.91 Å². The number of alkyl halides is 1. The van der Waals surface area contributed by atoms with Crippen LogP contribution in [-0.4, -0.2) is 16.3 Å². The molecule has 96 valence electrons. The molecule has 0 radical (unpaired) electrons. The van der Waals surface area contributed by atoms with Crippen molar-refractivity contribution in [3.63, 3.8) is 0 Å². The molecule has 1 aromatic heterocycles. The van der Waals surface area contributed by atoms with Crippen molar-refractivity contribution in [2.75, 3.05) is 5.32 Å². The van der Waals surface area contributed by atoms with Crippen LogP contribution in [0.15, 0.2) is 36.3 Å². The average molecular weight is 275 g/mol. The number of allylic oxidation sites excluding steroid dienone is 3. The summed E-state index contributed by atoms with van der Waals surface area (Å²) in [6, 6.07) is 1.83. The minimum atomic E-state index is -0.162. The molecule has 0 aromatic carbocycles. The molecule has 1 aliphatic carbocycles. The summed E-state index contributed by atoms with van der Waals surface area (Å²) in [5.41, 5.74) is 0.948. The third-order valence-electron chi connectivity index (χ3n) is 2.86. The van der Waals surface area contributed by atoms with Crippen LogP contribution in [0.3, 0.4) is 0 Å². The summed E-state index contributed by atoms with van der Waals surface area (Å²) in [5.74, 6) is 1.11. The quantitative estimate of drug-likeness (QED) is 0.778. The summed E-state index contributed by atoms with van der Waals surface area (Å²) >= 11 is 6.02. The molecule has 1 aromatic rings. The summed E-state index contributed by atoms with van der Waals surface area (Å²) in [6.45, 7) is 1.45. The fourth-order valence-corrected chi connectivity index (χ4v) is 2.24. The second-order valence-electron chi connectivity index (χ2n) is 4.32. The van der Waals surface area contributed by atoms with E-state index in [4.69, 9.17) is 16.3 Å². The Morgan fingerprint density at radius 2 is 2.37 bits per heavy atom. The summed E-state index contributed by atoms with van der Waals surface area (Å²) < 4.78 is 5.54. The number of halogens is 1. The van der Waals surface area contributed by atoms with Crippen LogP contribution in [-0.2, 0) is 9.53 Å². The first-order valence-corrected chi connectivity index (χ1v) is 6.26. The summed E-state index contributed by atoms with van der Waals surface area (Å²) in [6.07, 6.45) is 8.96. The average Bonchev–Trinajstić information content (AvgIpc) is 2.37. The van der Waals surface area contributed by atoms with Crippen molar-refractivity contribution >= 4 is 35.2 Å². The number of pyridine rings is 1. The third-order valence-corrected chi connectivity index (χ3v) is 3.14. The number of carbonyl (C=O) groups excluding carboxylic acids is 1. The SMILES string of the molecule is CC(=O)Nc1cc2c(cn1)=COC1=CC(Cl)C=CC=21. The number of ether oxygens (including phenoxy) is 1. The van der Waals surface area contributed by atoms with Gasteiger partial charge in [-0.05, 0) is 12.1 Å². The van der Waals surface area contributed by atoms with Crippen molar-refractivity contribution in [2.45, 2.75) is 12.3 Å². The molecule has 2 heterocycles. The number of aromatic nitrogens is 1. The van der Waals surface area contributed by atoms with Crippen LogP contribution in [0, 0.1) is 0 Å². The topological polar surface area (TPSA) is 51.2 Å². The molecule has 1 N–H and O–H groups in total. The molecule has 1 unspecified atom stereocenters. The molecule has 4 nitrogen and oxygen atoms in total. The first kappa shape index (κ1) is 12.0. The van der Waals surface area contributed by atoms with Gasteiger partial charge in [0.1, 0.15) is 17.8 Å². The number of carbonyl (C=O) groups is 1. The molecule has 0 saturated heterocycles. The molecule has 1 amide bonds. The van der Waals surface area contributed by atoms with Crippen LogP contribution in [0.5, 0.6) is 0 Å². The number of nitrogens with zero attached hydrogens (tertiary/aromatic N) is 1. The number of nitrogens with one attached hydrogen (secondary N) is 1. The van der Waals surface area contributed by atoms with Crippen LogP contribution < -0.4 is 15.8 Å². The molecule has 0 bridgehead atoms. The van der Waals surface area contributed by atoms with E-state index in [1.54, 1.807) is 12.5 Å². The van der Waals surface area contributed by atoms with Crippen LogP contribution >= 0.6 is 11.6 Å². The van der Waals surface area contributed by atoms with Gasteiger partial charge in [0.05, 0.1) is 5.38 Å². The highest BCUT2D eigenvalue weighted by Gasteiger charge is 2.16. The predicted molar refractivity (Wildman–Crippen MR) is 73.6 cm³/mol. The van der Waals surface area contributed by atoms with Crippen LogP contribution in [0.1, 0.15) is 6.92 Å². The lowest BCUT2D eigenvalue weighted by Gasteiger charge is -2.17.